The summed E-state index contributed by atoms with van der Waals surface area (Å²) in [4.78, 5) is 1.40. The number of alkyl halides is 3. The van der Waals surface area contributed by atoms with Crippen LogP contribution in [0.15, 0.2) is 0 Å². The van der Waals surface area contributed by atoms with E-state index in [1.807, 2.05) is 4.90 Å². The first-order valence-electron chi connectivity index (χ1n) is 6.32. The van der Waals surface area contributed by atoms with Gasteiger partial charge in [-0.25, -0.2) is 0 Å². The number of hydrogen-bond donors (Lipinski definition) is 1. The number of rotatable bonds is 5. The fourth-order valence-electron chi connectivity index (χ4n) is 2.62. The van der Waals surface area contributed by atoms with Gasteiger partial charge in [-0.05, 0) is 31.2 Å². The van der Waals surface area contributed by atoms with Gasteiger partial charge in [-0.3, -0.25) is 0 Å². The molecule has 0 aromatic carbocycles. The molecule has 1 heterocycles. The Morgan fingerprint density at radius 2 is 1.94 bits per heavy atom. The van der Waals surface area contributed by atoms with Crippen molar-refractivity contribution in [2.75, 3.05) is 19.6 Å². The molecule has 2 N–H and O–H groups in total. The van der Waals surface area contributed by atoms with Crippen molar-refractivity contribution in [1.29, 1.82) is 0 Å². The Morgan fingerprint density at radius 1 is 1.39 bits per heavy atom. The summed E-state index contributed by atoms with van der Waals surface area (Å²) in [5, 5.41) is 0. The lowest BCUT2D eigenvalue weighted by Gasteiger charge is -2.28. The Morgan fingerprint density at radius 3 is 2.28 bits per heavy atom. The normalized spacial score (nSPS) is 22.1. The van der Waals surface area contributed by atoms with Gasteiger partial charge in [0, 0.05) is 13.1 Å². The first kappa shape index (κ1) is 15.7. The second-order valence-corrected chi connectivity index (χ2v) is 5.66. The molecule has 1 rings (SSSR count). The lowest BCUT2D eigenvalue weighted by Crippen LogP contribution is -2.43. The molecule has 0 radical (unpaired) electrons. The third-order valence-corrected chi connectivity index (χ3v) is 4.48. The molecule has 0 amide bonds. The van der Waals surface area contributed by atoms with Gasteiger partial charge in [0.2, 0.25) is 0 Å². The number of hydrogen-bond acceptors (Lipinski definition) is 2. The minimum atomic E-state index is -4.34. The Bertz CT molecular complexity index is 300. The van der Waals surface area contributed by atoms with Gasteiger partial charge in [-0.2, -0.15) is 13.2 Å². The monoisotopic (exact) mass is 282 g/mol. The topological polar surface area (TPSA) is 29.3 Å². The van der Waals surface area contributed by atoms with E-state index in [9.17, 15) is 13.2 Å². The minimum absolute atomic E-state index is 0.0966. The third-order valence-electron chi connectivity index (χ3n) is 4.20. The molecule has 1 aliphatic heterocycles. The second kappa shape index (κ2) is 5.74. The molecule has 1 unspecified atom stereocenters. The number of thiocarbonyl (C=S) groups is 1. The van der Waals surface area contributed by atoms with Crippen molar-refractivity contribution in [3.05, 3.63) is 0 Å². The van der Waals surface area contributed by atoms with E-state index in [4.69, 9.17) is 5.73 Å². The van der Waals surface area contributed by atoms with Crippen LogP contribution in [-0.2, 0) is 0 Å². The smallest absolute Gasteiger partial charge is 0.393 e. The van der Waals surface area contributed by atoms with Gasteiger partial charge in [0.15, 0.2) is 0 Å². The van der Waals surface area contributed by atoms with Crippen LogP contribution in [0.5, 0.6) is 0 Å². The quantitative estimate of drug-likeness (QED) is 0.786. The molecule has 0 bridgehead atoms. The highest BCUT2D eigenvalue weighted by Gasteiger charge is 2.44. The van der Waals surface area contributed by atoms with Gasteiger partial charge in [-0.15, -0.1) is 0 Å². The van der Waals surface area contributed by atoms with Crippen LogP contribution in [0.1, 0.15) is 33.1 Å². The van der Waals surface area contributed by atoms with E-state index in [1.165, 1.54) is 0 Å². The minimum Gasteiger partial charge on any atom is -0.393 e. The molecule has 1 aliphatic rings. The van der Waals surface area contributed by atoms with Crippen LogP contribution in [0.4, 0.5) is 13.2 Å². The molecule has 1 saturated heterocycles. The average molecular weight is 282 g/mol. The Hall–Kier alpha value is -0.360. The van der Waals surface area contributed by atoms with E-state index in [0.717, 1.165) is 25.8 Å². The largest absolute Gasteiger partial charge is 0.399 e. The number of nitrogens with two attached hydrogens (primary N) is 1. The van der Waals surface area contributed by atoms with E-state index < -0.39 is 17.1 Å². The summed E-state index contributed by atoms with van der Waals surface area (Å²) >= 11 is 4.54. The highest BCUT2D eigenvalue weighted by molar-refractivity contribution is 7.80. The zero-order valence-electron chi connectivity index (χ0n) is 10.9. The average Bonchev–Trinajstić information content (AvgIpc) is 2.68. The van der Waals surface area contributed by atoms with Crippen LogP contribution in [0, 0.1) is 11.3 Å². The Balaban J connectivity index is 2.66. The van der Waals surface area contributed by atoms with Crippen LogP contribution in [0.25, 0.3) is 0 Å². The summed E-state index contributed by atoms with van der Waals surface area (Å²) in [6.07, 6.45) is -1.37. The zero-order valence-corrected chi connectivity index (χ0v) is 11.7. The Kier molecular flexibility index (Phi) is 5.00. The van der Waals surface area contributed by atoms with Crippen molar-refractivity contribution in [3.63, 3.8) is 0 Å². The van der Waals surface area contributed by atoms with Crippen LogP contribution >= 0.6 is 12.2 Å². The van der Waals surface area contributed by atoms with Crippen molar-refractivity contribution >= 4 is 17.2 Å². The highest BCUT2D eigenvalue weighted by atomic mass is 32.1. The molecule has 0 aliphatic carbocycles. The van der Waals surface area contributed by atoms with Crippen molar-refractivity contribution in [3.8, 4) is 0 Å². The molecule has 1 atom stereocenters. The van der Waals surface area contributed by atoms with E-state index in [-0.39, 0.29) is 12.0 Å². The SMILES string of the molecule is CCC1(CC)CCN(CC(C(N)=S)C(F)(F)F)C1. The maximum atomic E-state index is 12.8. The molecule has 0 saturated carbocycles. The number of nitrogens with zero attached hydrogens (tertiary/aromatic N) is 1. The molecular weight excluding hydrogens is 261 g/mol. The van der Waals surface area contributed by atoms with Crippen molar-refractivity contribution in [1.82, 2.24) is 4.90 Å². The van der Waals surface area contributed by atoms with E-state index in [0.29, 0.717) is 6.54 Å². The predicted octanol–water partition coefficient (Wildman–Crippen LogP) is 2.96. The summed E-state index contributed by atoms with van der Waals surface area (Å²) in [5.74, 6) is -1.68. The lowest BCUT2D eigenvalue weighted by atomic mass is 9.82. The first-order valence-corrected chi connectivity index (χ1v) is 6.73. The van der Waals surface area contributed by atoms with Gasteiger partial charge in [0.1, 0.15) is 5.92 Å². The Labute approximate surface area is 112 Å². The molecular formula is C12H21F3N2S. The van der Waals surface area contributed by atoms with E-state index in [2.05, 4.69) is 26.1 Å². The van der Waals surface area contributed by atoms with Crippen molar-refractivity contribution in [2.24, 2.45) is 17.1 Å². The fourth-order valence-corrected chi connectivity index (χ4v) is 2.83. The molecule has 6 heteroatoms. The van der Waals surface area contributed by atoms with Crippen LogP contribution in [-0.4, -0.2) is 35.7 Å². The summed E-state index contributed by atoms with van der Waals surface area (Å²) in [6.45, 7) is 5.52. The van der Waals surface area contributed by atoms with Crippen LogP contribution in [0.3, 0.4) is 0 Å². The lowest BCUT2D eigenvalue weighted by molar-refractivity contribution is -0.158. The summed E-state index contributed by atoms with van der Waals surface area (Å²) < 4.78 is 38.4. The van der Waals surface area contributed by atoms with Crippen LogP contribution < -0.4 is 5.73 Å². The molecule has 106 valence electrons. The molecule has 0 aromatic rings. The standard InChI is InChI=1S/C12H21F3N2S/c1-3-11(4-2)5-6-17(8-11)7-9(10(16)18)12(13,14)15/h9H,3-8H2,1-2H3,(H2,16,18). The first-order chi connectivity index (χ1) is 8.24. The van der Waals surface area contributed by atoms with E-state index >= 15 is 0 Å². The van der Waals surface area contributed by atoms with Gasteiger partial charge in [0.25, 0.3) is 0 Å². The molecule has 0 aromatic heterocycles. The molecule has 1 fully saturated rings. The predicted molar refractivity (Wildman–Crippen MR) is 70.4 cm³/mol. The molecule has 0 spiro atoms. The third kappa shape index (κ3) is 3.57. The second-order valence-electron chi connectivity index (χ2n) is 5.19. The summed E-state index contributed by atoms with van der Waals surface area (Å²) in [7, 11) is 0. The number of halogens is 3. The van der Waals surface area contributed by atoms with Gasteiger partial charge in [0.05, 0.1) is 4.99 Å². The maximum Gasteiger partial charge on any atom is 0.399 e. The molecule has 2 nitrogen and oxygen atoms in total. The van der Waals surface area contributed by atoms with Crippen LogP contribution in [0.2, 0.25) is 0 Å². The van der Waals surface area contributed by atoms with Gasteiger partial charge >= 0.3 is 6.18 Å². The van der Waals surface area contributed by atoms with Crippen molar-refractivity contribution < 1.29 is 13.2 Å². The van der Waals surface area contributed by atoms with Crippen molar-refractivity contribution in [2.45, 2.75) is 39.3 Å². The summed E-state index contributed by atoms with van der Waals surface area (Å²) in [6, 6.07) is 0. The zero-order chi connectivity index (χ0) is 14.0. The van der Waals surface area contributed by atoms with Gasteiger partial charge < -0.3 is 10.6 Å². The fraction of sp³-hybridized carbons (Fsp3) is 0.917. The summed E-state index contributed by atoms with van der Waals surface area (Å²) in [5.41, 5.74) is 5.39. The highest BCUT2D eigenvalue weighted by Crippen LogP contribution is 2.38. The number of likely N-dealkylation sites (tertiary alicyclic amines) is 1. The van der Waals surface area contributed by atoms with E-state index in [1.54, 1.807) is 0 Å². The van der Waals surface area contributed by atoms with Gasteiger partial charge in [-0.1, -0.05) is 26.1 Å². The molecule has 18 heavy (non-hydrogen) atoms. The maximum absolute atomic E-state index is 12.8.